The summed E-state index contributed by atoms with van der Waals surface area (Å²) in [5.74, 6) is -0.270. The quantitative estimate of drug-likeness (QED) is 0.514. The molecule has 0 aliphatic rings. The molecule has 4 nitrogen and oxygen atoms in total. The summed E-state index contributed by atoms with van der Waals surface area (Å²) in [5.41, 5.74) is 10.2. The lowest BCUT2D eigenvalue weighted by atomic mass is 9.82. The van der Waals surface area contributed by atoms with Crippen molar-refractivity contribution in [3.63, 3.8) is 0 Å². The predicted octanol–water partition coefficient (Wildman–Crippen LogP) is 4.63. The molecule has 3 aromatic rings. The largest absolute Gasteiger partial charge is 0.507 e. The number of aromatic hydroxyl groups is 1. The van der Waals surface area contributed by atoms with Crippen LogP contribution in [0.3, 0.4) is 0 Å². The summed E-state index contributed by atoms with van der Waals surface area (Å²) in [6, 6.07) is 25.0. The van der Waals surface area contributed by atoms with Gasteiger partial charge in [0.2, 0.25) is 0 Å². The summed E-state index contributed by atoms with van der Waals surface area (Å²) in [6.45, 7) is 4.76. The topological polar surface area (TPSA) is 75.3 Å². The summed E-state index contributed by atoms with van der Waals surface area (Å²) in [6.07, 6.45) is 1.58. The third-order valence-electron chi connectivity index (χ3n) is 5.33. The molecule has 0 bridgehead atoms. The van der Waals surface area contributed by atoms with Gasteiger partial charge in [0.05, 0.1) is 5.56 Å². The second kappa shape index (κ2) is 9.59. The van der Waals surface area contributed by atoms with Crippen LogP contribution in [0.15, 0.2) is 78.9 Å². The van der Waals surface area contributed by atoms with Gasteiger partial charge in [-0.1, -0.05) is 80.6 Å². The van der Waals surface area contributed by atoms with Gasteiger partial charge >= 0.3 is 0 Å². The van der Waals surface area contributed by atoms with Crippen LogP contribution in [0, 0.1) is 5.41 Å². The zero-order valence-corrected chi connectivity index (χ0v) is 17.6. The fourth-order valence-electron chi connectivity index (χ4n) is 3.64. The summed E-state index contributed by atoms with van der Waals surface area (Å²) < 4.78 is 0. The fourth-order valence-corrected chi connectivity index (χ4v) is 3.64. The van der Waals surface area contributed by atoms with E-state index < -0.39 is 0 Å². The number of nitrogens with two attached hydrogens (primary N) is 1. The average molecular weight is 403 g/mol. The summed E-state index contributed by atoms with van der Waals surface area (Å²) in [4.78, 5) is 12.4. The minimum atomic E-state index is -0.263. The number of rotatable bonds is 8. The van der Waals surface area contributed by atoms with Crippen LogP contribution < -0.4 is 11.1 Å². The van der Waals surface area contributed by atoms with E-state index in [4.69, 9.17) is 5.73 Å². The number of phenols is 1. The molecule has 0 aromatic heterocycles. The Morgan fingerprint density at radius 1 is 0.933 bits per heavy atom. The van der Waals surface area contributed by atoms with E-state index in [9.17, 15) is 9.90 Å². The van der Waals surface area contributed by atoms with Gasteiger partial charge in [0, 0.05) is 12.6 Å². The first-order valence-corrected chi connectivity index (χ1v) is 10.3. The number of hydrogen-bond donors (Lipinski definition) is 3. The number of carbonyl (C=O) groups excluding carboxylic acids is 1. The van der Waals surface area contributed by atoms with Gasteiger partial charge in [-0.25, -0.2) is 0 Å². The highest BCUT2D eigenvalue weighted by Gasteiger charge is 2.22. The molecule has 0 spiro atoms. The molecule has 0 heterocycles. The zero-order valence-electron chi connectivity index (χ0n) is 17.6. The van der Waals surface area contributed by atoms with E-state index in [-0.39, 0.29) is 23.1 Å². The molecule has 0 aliphatic heterocycles. The highest BCUT2D eigenvalue weighted by molar-refractivity contribution is 5.96. The number of benzene rings is 3. The van der Waals surface area contributed by atoms with Crippen molar-refractivity contribution in [1.29, 1.82) is 0 Å². The van der Waals surface area contributed by atoms with Gasteiger partial charge in [0.15, 0.2) is 0 Å². The van der Waals surface area contributed by atoms with Crippen LogP contribution in [0.5, 0.6) is 5.75 Å². The molecule has 4 N–H and O–H groups in total. The molecule has 30 heavy (non-hydrogen) atoms. The molecule has 1 unspecified atom stereocenters. The minimum absolute atomic E-state index is 0.00643. The monoisotopic (exact) mass is 402 g/mol. The molecule has 0 fully saturated rings. The summed E-state index contributed by atoms with van der Waals surface area (Å²) in [5, 5.41) is 12.8. The SMILES string of the molecule is CC(C)(CNC(=O)c1ccccc1O)Cc1ccccc1CC(N)c1ccccc1. The van der Waals surface area contributed by atoms with E-state index in [0.717, 1.165) is 18.4 Å². The maximum atomic E-state index is 12.4. The summed E-state index contributed by atoms with van der Waals surface area (Å²) in [7, 11) is 0. The van der Waals surface area contributed by atoms with Crippen molar-refractivity contribution in [3.05, 3.63) is 101 Å². The molecule has 3 rings (SSSR count). The first-order chi connectivity index (χ1) is 14.4. The molecule has 0 radical (unpaired) electrons. The fraction of sp³-hybridized carbons (Fsp3) is 0.269. The van der Waals surface area contributed by atoms with Gasteiger partial charge < -0.3 is 16.2 Å². The van der Waals surface area contributed by atoms with E-state index in [0.29, 0.717) is 12.1 Å². The highest BCUT2D eigenvalue weighted by atomic mass is 16.3. The normalized spacial score (nSPS) is 12.4. The molecule has 0 aliphatic carbocycles. The first-order valence-electron chi connectivity index (χ1n) is 10.3. The van der Waals surface area contributed by atoms with Gasteiger partial charge in [-0.05, 0) is 47.1 Å². The molecule has 3 aromatic carbocycles. The Kier molecular flexibility index (Phi) is 6.91. The molecule has 0 saturated carbocycles. The second-order valence-corrected chi connectivity index (χ2v) is 8.53. The highest BCUT2D eigenvalue weighted by Crippen LogP contribution is 2.26. The lowest BCUT2D eigenvalue weighted by Crippen LogP contribution is -2.35. The molecular weight excluding hydrogens is 372 g/mol. The van der Waals surface area contributed by atoms with Gasteiger partial charge in [0.25, 0.3) is 5.91 Å². The molecule has 156 valence electrons. The molecule has 4 heteroatoms. The van der Waals surface area contributed by atoms with E-state index in [1.54, 1.807) is 18.2 Å². The number of hydrogen-bond acceptors (Lipinski definition) is 3. The van der Waals surface area contributed by atoms with Crippen molar-refractivity contribution in [2.75, 3.05) is 6.54 Å². The number of phenolic OH excluding ortho intramolecular Hbond substituents is 1. The third-order valence-corrected chi connectivity index (χ3v) is 5.33. The van der Waals surface area contributed by atoms with Crippen molar-refractivity contribution >= 4 is 5.91 Å². The maximum Gasteiger partial charge on any atom is 0.255 e. The standard InChI is InChI=1S/C26H30N2O2/c1-26(2,18-28-25(30)22-14-8-9-15-24(22)29)17-21-13-7-6-12-20(21)16-23(27)19-10-4-3-5-11-19/h3-15,23,29H,16-18,27H2,1-2H3,(H,28,30). The van der Waals surface area contributed by atoms with Crippen LogP contribution in [0.2, 0.25) is 0 Å². The molecule has 0 saturated heterocycles. The summed E-state index contributed by atoms with van der Waals surface area (Å²) >= 11 is 0. The Morgan fingerprint density at radius 2 is 1.53 bits per heavy atom. The maximum absolute atomic E-state index is 12.4. The Morgan fingerprint density at radius 3 is 2.23 bits per heavy atom. The molecule has 1 atom stereocenters. The third kappa shape index (κ3) is 5.71. The van der Waals surface area contributed by atoms with Crippen molar-refractivity contribution in [3.8, 4) is 5.75 Å². The Bertz CT molecular complexity index is 983. The molecule has 1 amide bonds. The first kappa shape index (κ1) is 21.6. The van der Waals surface area contributed by atoms with Gasteiger partial charge in [-0.3, -0.25) is 4.79 Å². The Labute approximate surface area is 178 Å². The van der Waals surface area contributed by atoms with Gasteiger partial charge in [-0.2, -0.15) is 0 Å². The van der Waals surface area contributed by atoms with Crippen LogP contribution in [-0.4, -0.2) is 17.6 Å². The number of para-hydroxylation sites is 1. The van der Waals surface area contributed by atoms with Crippen LogP contribution >= 0.6 is 0 Å². The zero-order chi connectivity index (χ0) is 21.6. The van der Waals surface area contributed by atoms with Crippen molar-refractivity contribution in [2.45, 2.75) is 32.7 Å². The molecular formula is C26H30N2O2. The van der Waals surface area contributed by atoms with Crippen molar-refractivity contribution < 1.29 is 9.90 Å². The lowest BCUT2D eigenvalue weighted by Gasteiger charge is -2.27. The lowest BCUT2D eigenvalue weighted by molar-refractivity contribution is 0.0933. The van der Waals surface area contributed by atoms with Crippen molar-refractivity contribution in [1.82, 2.24) is 5.32 Å². The van der Waals surface area contributed by atoms with E-state index in [1.165, 1.54) is 17.2 Å². The van der Waals surface area contributed by atoms with Gasteiger partial charge in [0.1, 0.15) is 5.75 Å². The van der Waals surface area contributed by atoms with Gasteiger partial charge in [-0.15, -0.1) is 0 Å². The van der Waals surface area contributed by atoms with Crippen LogP contribution in [-0.2, 0) is 12.8 Å². The van der Waals surface area contributed by atoms with Crippen LogP contribution in [0.1, 0.15) is 46.9 Å². The average Bonchev–Trinajstić information content (AvgIpc) is 2.74. The van der Waals surface area contributed by atoms with E-state index in [2.05, 4.69) is 43.4 Å². The smallest absolute Gasteiger partial charge is 0.255 e. The number of carbonyl (C=O) groups is 1. The van der Waals surface area contributed by atoms with Crippen LogP contribution in [0.4, 0.5) is 0 Å². The number of amides is 1. The second-order valence-electron chi connectivity index (χ2n) is 8.53. The predicted molar refractivity (Wildman–Crippen MR) is 121 cm³/mol. The minimum Gasteiger partial charge on any atom is -0.507 e. The van der Waals surface area contributed by atoms with Crippen molar-refractivity contribution in [2.24, 2.45) is 11.1 Å². The van der Waals surface area contributed by atoms with Crippen LogP contribution in [0.25, 0.3) is 0 Å². The van der Waals surface area contributed by atoms with E-state index in [1.807, 2.05) is 30.3 Å². The Hall–Kier alpha value is -3.11. The van der Waals surface area contributed by atoms with E-state index >= 15 is 0 Å². The Balaban J connectivity index is 1.66. The number of nitrogens with one attached hydrogen (secondary N) is 1.